The van der Waals surface area contributed by atoms with Crippen LogP contribution in [0.2, 0.25) is 0 Å². The van der Waals surface area contributed by atoms with E-state index in [-0.39, 0.29) is 11.9 Å². The first-order valence-electron chi connectivity index (χ1n) is 7.11. The molecule has 1 fully saturated rings. The van der Waals surface area contributed by atoms with Crippen molar-refractivity contribution < 1.29 is 4.79 Å². The molecular weight excluding hydrogens is 238 g/mol. The fraction of sp³-hybridized carbons (Fsp3) is 0.533. The molecule has 0 radical (unpaired) electrons. The highest BCUT2D eigenvalue weighted by molar-refractivity contribution is 6.54. The zero-order chi connectivity index (χ0) is 13.2. The van der Waals surface area contributed by atoms with E-state index in [0.717, 1.165) is 11.3 Å². The standard InChI is InChI=1S/C15H19N3O/c1-10(11-6-3-2-4-7-11)16-15(19)14-12-8-5-9-13(12)17-18-14/h5,8-11H,2-4,6-7H2,1H3,(H,16,19)/t10-/m1/s1. The van der Waals surface area contributed by atoms with E-state index in [4.69, 9.17) is 0 Å². The Labute approximate surface area is 113 Å². The Hall–Kier alpha value is -1.71. The van der Waals surface area contributed by atoms with Gasteiger partial charge in [-0.15, -0.1) is 10.2 Å². The van der Waals surface area contributed by atoms with Crippen molar-refractivity contribution >= 4 is 17.3 Å². The van der Waals surface area contributed by atoms with Gasteiger partial charge in [0.1, 0.15) is 0 Å². The Morgan fingerprint density at radius 2 is 2.11 bits per heavy atom. The molecule has 3 rings (SSSR count). The minimum atomic E-state index is -0.0910. The highest BCUT2D eigenvalue weighted by Crippen LogP contribution is 2.26. The van der Waals surface area contributed by atoms with Gasteiger partial charge in [-0.3, -0.25) is 4.79 Å². The number of nitrogens with zero attached hydrogens (tertiary/aromatic N) is 2. The Balaban J connectivity index is 1.60. The molecule has 1 atom stereocenters. The van der Waals surface area contributed by atoms with Crippen LogP contribution < -0.4 is 5.32 Å². The molecule has 1 heterocycles. The van der Waals surface area contributed by atoms with Gasteiger partial charge in [0.2, 0.25) is 0 Å². The summed E-state index contributed by atoms with van der Waals surface area (Å²) in [5.41, 5.74) is 2.12. The smallest absolute Gasteiger partial charge is 0.272 e. The quantitative estimate of drug-likeness (QED) is 0.829. The Kier molecular flexibility index (Phi) is 3.32. The summed E-state index contributed by atoms with van der Waals surface area (Å²) in [4.78, 5) is 12.3. The zero-order valence-corrected chi connectivity index (χ0v) is 11.2. The third-order valence-corrected chi connectivity index (χ3v) is 4.24. The van der Waals surface area contributed by atoms with Crippen LogP contribution in [0.4, 0.5) is 0 Å². The molecule has 4 heteroatoms. The van der Waals surface area contributed by atoms with Gasteiger partial charge in [0.15, 0.2) is 5.71 Å². The van der Waals surface area contributed by atoms with Gasteiger partial charge in [0.25, 0.3) is 5.91 Å². The van der Waals surface area contributed by atoms with Crippen LogP contribution in [0.15, 0.2) is 34.0 Å². The van der Waals surface area contributed by atoms with Crippen molar-refractivity contribution in [2.24, 2.45) is 16.1 Å². The molecule has 0 aromatic carbocycles. The molecule has 100 valence electrons. The molecule has 19 heavy (non-hydrogen) atoms. The lowest BCUT2D eigenvalue weighted by molar-refractivity contribution is -0.115. The molecule has 1 amide bonds. The van der Waals surface area contributed by atoms with Gasteiger partial charge in [-0.2, -0.15) is 0 Å². The van der Waals surface area contributed by atoms with Crippen LogP contribution in [0.5, 0.6) is 0 Å². The molecule has 2 aliphatic carbocycles. The summed E-state index contributed by atoms with van der Waals surface area (Å²) in [5, 5.41) is 11.1. The number of rotatable bonds is 3. The molecule has 4 nitrogen and oxygen atoms in total. The molecule has 3 aliphatic rings. The minimum Gasteiger partial charge on any atom is -0.348 e. The van der Waals surface area contributed by atoms with E-state index in [1.165, 1.54) is 32.1 Å². The summed E-state index contributed by atoms with van der Waals surface area (Å²) in [6.07, 6.45) is 12.0. The van der Waals surface area contributed by atoms with Gasteiger partial charge in [0.05, 0.1) is 5.71 Å². The van der Waals surface area contributed by atoms with Crippen LogP contribution >= 0.6 is 0 Å². The predicted molar refractivity (Wildman–Crippen MR) is 76.3 cm³/mol. The number of carbonyl (C=O) groups excluding carboxylic acids is 1. The van der Waals surface area contributed by atoms with Crippen molar-refractivity contribution in [1.29, 1.82) is 0 Å². The molecule has 0 bridgehead atoms. The molecule has 0 aromatic rings. The van der Waals surface area contributed by atoms with E-state index in [2.05, 4.69) is 22.4 Å². The van der Waals surface area contributed by atoms with Crippen molar-refractivity contribution in [3.8, 4) is 0 Å². The summed E-state index contributed by atoms with van der Waals surface area (Å²) in [6, 6.07) is 0.217. The van der Waals surface area contributed by atoms with E-state index in [9.17, 15) is 4.79 Å². The second-order valence-electron chi connectivity index (χ2n) is 5.53. The summed E-state index contributed by atoms with van der Waals surface area (Å²) in [7, 11) is 0. The monoisotopic (exact) mass is 257 g/mol. The normalized spacial score (nSPS) is 23.5. The van der Waals surface area contributed by atoms with Gasteiger partial charge in [0, 0.05) is 11.6 Å². The first kappa shape index (κ1) is 12.3. The van der Waals surface area contributed by atoms with E-state index < -0.39 is 0 Å². The van der Waals surface area contributed by atoms with Crippen molar-refractivity contribution in [3.63, 3.8) is 0 Å². The highest BCUT2D eigenvalue weighted by Gasteiger charge is 2.28. The maximum Gasteiger partial charge on any atom is 0.272 e. The minimum absolute atomic E-state index is 0.0910. The van der Waals surface area contributed by atoms with Gasteiger partial charge < -0.3 is 5.32 Å². The van der Waals surface area contributed by atoms with Crippen molar-refractivity contribution in [3.05, 3.63) is 23.8 Å². The largest absolute Gasteiger partial charge is 0.348 e. The maximum atomic E-state index is 12.3. The molecule has 0 saturated heterocycles. The molecule has 1 aliphatic heterocycles. The first-order chi connectivity index (χ1) is 9.25. The van der Waals surface area contributed by atoms with Gasteiger partial charge in [-0.25, -0.2) is 0 Å². The number of fused-ring (bicyclic) bond motifs is 1. The van der Waals surface area contributed by atoms with Crippen LogP contribution in [0, 0.1) is 5.92 Å². The maximum absolute atomic E-state index is 12.3. The molecule has 1 N–H and O–H groups in total. The van der Waals surface area contributed by atoms with Crippen LogP contribution in [-0.2, 0) is 4.79 Å². The van der Waals surface area contributed by atoms with Gasteiger partial charge in [-0.05, 0) is 31.8 Å². The average Bonchev–Trinajstić information content (AvgIpc) is 3.01. The molecule has 0 unspecified atom stereocenters. The Bertz CT molecular complexity index is 507. The zero-order valence-electron chi connectivity index (χ0n) is 11.2. The number of allylic oxidation sites excluding steroid dienone is 3. The van der Waals surface area contributed by atoms with E-state index in [1.807, 2.05) is 18.2 Å². The van der Waals surface area contributed by atoms with Gasteiger partial charge in [-0.1, -0.05) is 31.4 Å². The third-order valence-electron chi connectivity index (χ3n) is 4.24. The number of hydrogen-bond donors (Lipinski definition) is 1. The number of amides is 1. The summed E-state index contributed by atoms with van der Waals surface area (Å²) in [6.45, 7) is 2.10. The van der Waals surface area contributed by atoms with Crippen LogP contribution in [0.25, 0.3) is 0 Å². The van der Waals surface area contributed by atoms with Gasteiger partial charge >= 0.3 is 0 Å². The van der Waals surface area contributed by atoms with E-state index in [1.54, 1.807) is 0 Å². The van der Waals surface area contributed by atoms with Crippen molar-refractivity contribution in [2.45, 2.75) is 45.1 Å². The van der Waals surface area contributed by atoms with E-state index >= 15 is 0 Å². The lowest BCUT2D eigenvalue weighted by Crippen LogP contribution is -2.42. The van der Waals surface area contributed by atoms with E-state index in [0.29, 0.717) is 11.6 Å². The lowest BCUT2D eigenvalue weighted by atomic mass is 9.84. The topological polar surface area (TPSA) is 53.8 Å². The number of hydrogen-bond acceptors (Lipinski definition) is 3. The first-order valence-corrected chi connectivity index (χ1v) is 7.11. The number of carbonyl (C=O) groups is 1. The Morgan fingerprint density at radius 3 is 2.89 bits per heavy atom. The fourth-order valence-corrected chi connectivity index (χ4v) is 3.05. The summed E-state index contributed by atoms with van der Waals surface area (Å²) < 4.78 is 0. The molecule has 0 aromatic heterocycles. The van der Waals surface area contributed by atoms with Crippen molar-refractivity contribution in [1.82, 2.24) is 5.32 Å². The van der Waals surface area contributed by atoms with Crippen LogP contribution in [0.3, 0.4) is 0 Å². The van der Waals surface area contributed by atoms with Crippen molar-refractivity contribution in [2.75, 3.05) is 0 Å². The second-order valence-corrected chi connectivity index (χ2v) is 5.53. The number of nitrogens with one attached hydrogen (secondary N) is 1. The lowest BCUT2D eigenvalue weighted by Gasteiger charge is -2.28. The predicted octanol–water partition coefficient (Wildman–Crippen LogP) is 2.38. The average molecular weight is 257 g/mol. The summed E-state index contributed by atoms with van der Waals surface area (Å²) >= 11 is 0. The third kappa shape index (κ3) is 2.39. The second kappa shape index (κ2) is 5.11. The molecule has 1 saturated carbocycles. The van der Waals surface area contributed by atoms with Crippen LogP contribution in [0.1, 0.15) is 39.0 Å². The fourth-order valence-electron chi connectivity index (χ4n) is 3.05. The summed E-state index contributed by atoms with van der Waals surface area (Å²) in [5.74, 6) is 0.516. The molecular formula is C15H19N3O. The highest BCUT2D eigenvalue weighted by atomic mass is 16.2. The SMILES string of the molecule is C[C@@H](NC(=O)C1=NN=C2C=CC=C21)C1CCCCC1. The molecule has 0 spiro atoms. The van der Waals surface area contributed by atoms with Crippen LogP contribution in [-0.4, -0.2) is 23.4 Å². The Morgan fingerprint density at radius 1 is 1.32 bits per heavy atom.